The molecule has 0 aliphatic carbocycles. The lowest BCUT2D eigenvalue weighted by Crippen LogP contribution is -2.09. The van der Waals surface area contributed by atoms with Gasteiger partial charge in [0, 0.05) is 0 Å². The standard InChI is InChI=1S/C6H12ClN/c1-4-8-6(3)5(2)7/h4-6H,1-3H3. The number of rotatable bonds is 2. The summed E-state index contributed by atoms with van der Waals surface area (Å²) in [6, 6.07) is 0.252. The summed E-state index contributed by atoms with van der Waals surface area (Å²) in [7, 11) is 0. The SMILES string of the molecule is CC=NC(C)C(C)Cl. The van der Waals surface area contributed by atoms with Crippen molar-refractivity contribution in [1.82, 2.24) is 0 Å². The van der Waals surface area contributed by atoms with Crippen molar-refractivity contribution in [2.75, 3.05) is 0 Å². The fraction of sp³-hybridized carbons (Fsp3) is 0.833. The van der Waals surface area contributed by atoms with E-state index in [0.717, 1.165) is 0 Å². The zero-order valence-corrected chi connectivity index (χ0v) is 6.31. The first-order valence-corrected chi connectivity index (χ1v) is 3.24. The molecule has 0 saturated carbocycles. The number of hydrogen-bond donors (Lipinski definition) is 0. The molecule has 0 aromatic carbocycles. The van der Waals surface area contributed by atoms with E-state index in [0.29, 0.717) is 0 Å². The highest BCUT2D eigenvalue weighted by atomic mass is 35.5. The Labute approximate surface area is 55.8 Å². The molecule has 0 aliphatic heterocycles. The smallest absolute Gasteiger partial charge is 0.0628 e. The monoisotopic (exact) mass is 133 g/mol. The lowest BCUT2D eigenvalue weighted by atomic mass is 10.3. The molecule has 0 aromatic heterocycles. The van der Waals surface area contributed by atoms with Crippen LogP contribution < -0.4 is 0 Å². The van der Waals surface area contributed by atoms with Gasteiger partial charge in [0.05, 0.1) is 11.4 Å². The van der Waals surface area contributed by atoms with Crippen molar-refractivity contribution in [2.24, 2.45) is 4.99 Å². The topological polar surface area (TPSA) is 12.4 Å². The summed E-state index contributed by atoms with van der Waals surface area (Å²) in [5, 5.41) is 0.145. The fourth-order valence-corrected chi connectivity index (χ4v) is 0.419. The minimum Gasteiger partial charge on any atom is -0.293 e. The molecule has 48 valence electrons. The molecule has 0 rings (SSSR count). The summed E-state index contributed by atoms with van der Waals surface area (Å²) in [6.45, 7) is 5.84. The quantitative estimate of drug-likeness (QED) is 0.404. The van der Waals surface area contributed by atoms with Crippen molar-refractivity contribution < 1.29 is 0 Å². The first-order valence-electron chi connectivity index (χ1n) is 2.80. The number of halogens is 1. The molecule has 0 spiro atoms. The Balaban J connectivity index is 3.47. The van der Waals surface area contributed by atoms with E-state index in [2.05, 4.69) is 4.99 Å². The molecule has 0 fully saturated rings. The summed E-state index contributed by atoms with van der Waals surface area (Å²) in [6.07, 6.45) is 1.78. The van der Waals surface area contributed by atoms with Crippen LogP contribution in [0.3, 0.4) is 0 Å². The van der Waals surface area contributed by atoms with Crippen LogP contribution >= 0.6 is 11.6 Å². The van der Waals surface area contributed by atoms with Crippen LogP contribution in [0, 0.1) is 0 Å². The second-order valence-electron chi connectivity index (χ2n) is 1.83. The Hall–Kier alpha value is -0.0400. The molecule has 2 unspecified atom stereocenters. The minimum absolute atomic E-state index is 0.145. The maximum absolute atomic E-state index is 5.69. The van der Waals surface area contributed by atoms with E-state index in [1.54, 1.807) is 6.21 Å². The van der Waals surface area contributed by atoms with Crippen molar-refractivity contribution >= 4 is 17.8 Å². The summed E-state index contributed by atoms with van der Waals surface area (Å²) in [4.78, 5) is 4.07. The molecular formula is C6H12ClN. The van der Waals surface area contributed by atoms with Crippen LogP contribution in [0.2, 0.25) is 0 Å². The minimum atomic E-state index is 0.145. The van der Waals surface area contributed by atoms with Crippen molar-refractivity contribution in [3.05, 3.63) is 0 Å². The predicted octanol–water partition coefficient (Wildman–Crippen LogP) is 2.09. The van der Waals surface area contributed by atoms with Gasteiger partial charge in [-0.2, -0.15) is 0 Å². The number of nitrogens with zero attached hydrogens (tertiary/aromatic N) is 1. The summed E-state index contributed by atoms with van der Waals surface area (Å²) in [5.41, 5.74) is 0. The largest absolute Gasteiger partial charge is 0.293 e. The molecule has 0 aliphatic rings. The maximum Gasteiger partial charge on any atom is 0.0628 e. The van der Waals surface area contributed by atoms with Crippen molar-refractivity contribution in [2.45, 2.75) is 32.2 Å². The average Bonchev–Trinajstić information content (AvgIpc) is 1.67. The van der Waals surface area contributed by atoms with Crippen LogP contribution in [0.25, 0.3) is 0 Å². The van der Waals surface area contributed by atoms with E-state index in [9.17, 15) is 0 Å². The third kappa shape index (κ3) is 3.03. The molecule has 2 heteroatoms. The summed E-state index contributed by atoms with van der Waals surface area (Å²) >= 11 is 5.69. The Morgan fingerprint density at radius 2 is 2.00 bits per heavy atom. The van der Waals surface area contributed by atoms with Gasteiger partial charge in [0.2, 0.25) is 0 Å². The van der Waals surface area contributed by atoms with Gasteiger partial charge in [-0.25, -0.2) is 0 Å². The van der Waals surface area contributed by atoms with Crippen LogP contribution in [-0.2, 0) is 0 Å². The zero-order chi connectivity index (χ0) is 6.57. The molecule has 0 bridgehead atoms. The van der Waals surface area contributed by atoms with Crippen molar-refractivity contribution in [3.8, 4) is 0 Å². The van der Waals surface area contributed by atoms with E-state index in [4.69, 9.17) is 11.6 Å². The molecule has 1 nitrogen and oxygen atoms in total. The third-order valence-electron chi connectivity index (χ3n) is 1.05. The normalized spacial score (nSPS) is 19.0. The molecular weight excluding hydrogens is 122 g/mol. The highest BCUT2D eigenvalue weighted by Gasteiger charge is 2.03. The van der Waals surface area contributed by atoms with Crippen LogP contribution in [0.1, 0.15) is 20.8 Å². The predicted molar refractivity (Wildman–Crippen MR) is 38.9 cm³/mol. The third-order valence-corrected chi connectivity index (χ3v) is 1.41. The highest BCUT2D eigenvalue weighted by Crippen LogP contribution is 2.03. The molecule has 0 saturated heterocycles. The van der Waals surface area contributed by atoms with Crippen LogP contribution in [0.5, 0.6) is 0 Å². The first kappa shape index (κ1) is 7.96. The van der Waals surface area contributed by atoms with Crippen LogP contribution in [-0.4, -0.2) is 17.6 Å². The summed E-state index contributed by atoms with van der Waals surface area (Å²) < 4.78 is 0. The Bertz CT molecular complexity index is 78.6. The van der Waals surface area contributed by atoms with Gasteiger partial charge in [0.15, 0.2) is 0 Å². The molecule has 0 aromatic rings. The maximum atomic E-state index is 5.69. The van der Waals surface area contributed by atoms with E-state index in [1.165, 1.54) is 0 Å². The second kappa shape index (κ2) is 3.90. The van der Waals surface area contributed by atoms with E-state index in [-0.39, 0.29) is 11.4 Å². The van der Waals surface area contributed by atoms with Crippen LogP contribution in [0.4, 0.5) is 0 Å². The average molecular weight is 134 g/mol. The molecule has 0 radical (unpaired) electrons. The van der Waals surface area contributed by atoms with Gasteiger partial charge in [-0.1, -0.05) is 0 Å². The molecule has 8 heavy (non-hydrogen) atoms. The van der Waals surface area contributed by atoms with Gasteiger partial charge < -0.3 is 0 Å². The van der Waals surface area contributed by atoms with Gasteiger partial charge in [0.1, 0.15) is 0 Å². The molecule has 2 atom stereocenters. The lowest BCUT2D eigenvalue weighted by Gasteiger charge is -2.05. The Kier molecular flexibility index (Phi) is 3.88. The summed E-state index contributed by atoms with van der Waals surface area (Å²) in [5.74, 6) is 0. The highest BCUT2D eigenvalue weighted by molar-refractivity contribution is 6.20. The van der Waals surface area contributed by atoms with Crippen molar-refractivity contribution in [3.63, 3.8) is 0 Å². The zero-order valence-electron chi connectivity index (χ0n) is 5.56. The van der Waals surface area contributed by atoms with Crippen molar-refractivity contribution in [1.29, 1.82) is 0 Å². The van der Waals surface area contributed by atoms with E-state index < -0.39 is 0 Å². The van der Waals surface area contributed by atoms with Gasteiger partial charge in [-0.3, -0.25) is 4.99 Å². The van der Waals surface area contributed by atoms with Crippen LogP contribution in [0.15, 0.2) is 4.99 Å². The number of aliphatic imine (C=N–C) groups is 1. The Morgan fingerprint density at radius 3 is 2.12 bits per heavy atom. The molecule has 0 amide bonds. The van der Waals surface area contributed by atoms with Gasteiger partial charge in [-0.15, -0.1) is 11.6 Å². The first-order chi connectivity index (χ1) is 3.68. The lowest BCUT2D eigenvalue weighted by molar-refractivity contribution is 0.728. The van der Waals surface area contributed by atoms with E-state index >= 15 is 0 Å². The Morgan fingerprint density at radius 1 is 1.50 bits per heavy atom. The number of alkyl halides is 1. The van der Waals surface area contributed by atoms with Gasteiger partial charge >= 0.3 is 0 Å². The van der Waals surface area contributed by atoms with E-state index in [1.807, 2.05) is 20.8 Å². The van der Waals surface area contributed by atoms with Gasteiger partial charge in [-0.05, 0) is 27.0 Å². The molecule has 0 N–H and O–H groups in total. The van der Waals surface area contributed by atoms with Gasteiger partial charge in [0.25, 0.3) is 0 Å². The fourth-order valence-electron chi connectivity index (χ4n) is 0.354. The second-order valence-corrected chi connectivity index (χ2v) is 2.51. The number of hydrogen-bond acceptors (Lipinski definition) is 1. The molecule has 0 heterocycles.